The van der Waals surface area contributed by atoms with Crippen LogP contribution in [0.5, 0.6) is 0 Å². The molecule has 0 radical (unpaired) electrons. The molecule has 3 N–H and O–H groups in total. The smallest absolute Gasteiger partial charge is 0.253 e. The third-order valence-electron chi connectivity index (χ3n) is 5.26. The van der Waals surface area contributed by atoms with Gasteiger partial charge in [-0.25, -0.2) is 0 Å². The highest BCUT2D eigenvalue weighted by atomic mass is 16.2. The van der Waals surface area contributed by atoms with Crippen LogP contribution in [0.4, 0.5) is 5.69 Å². The largest absolute Gasteiger partial charge is 0.349 e. The monoisotopic (exact) mass is 343 g/mol. The Labute approximate surface area is 147 Å². The maximum atomic E-state index is 12.5. The molecular formula is C19H25N3O3. The van der Waals surface area contributed by atoms with E-state index in [1.165, 1.54) is 0 Å². The summed E-state index contributed by atoms with van der Waals surface area (Å²) in [6.45, 7) is 4.45. The van der Waals surface area contributed by atoms with E-state index < -0.39 is 0 Å². The summed E-state index contributed by atoms with van der Waals surface area (Å²) in [5, 5.41) is 8.28. The zero-order valence-corrected chi connectivity index (χ0v) is 14.7. The lowest BCUT2D eigenvalue weighted by Gasteiger charge is -2.31. The first-order chi connectivity index (χ1) is 11.9. The second-order valence-electron chi connectivity index (χ2n) is 7.32. The second kappa shape index (κ2) is 7.25. The molecule has 6 heteroatoms. The molecule has 1 aromatic rings. The molecule has 134 valence electrons. The van der Waals surface area contributed by atoms with Crippen molar-refractivity contribution in [3.05, 3.63) is 29.3 Å². The van der Waals surface area contributed by atoms with Crippen molar-refractivity contribution in [1.82, 2.24) is 10.6 Å². The van der Waals surface area contributed by atoms with Crippen molar-refractivity contribution in [1.29, 1.82) is 0 Å². The van der Waals surface area contributed by atoms with Gasteiger partial charge in [-0.2, -0.15) is 0 Å². The average molecular weight is 343 g/mol. The van der Waals surface area contributed by atoms with Crippen molar-refractivity contribution in [2.45, 2.75) is 45.6 Å². The third kappa shape index (κ3) is 4.00. The lowest BCUT2D eigenvalue weighted by Crippen LogP contribution is -2.38. The van der Waals surface area contributed by atoms with Crippen LogP contribution in [0, 0.1) is 11.8 Å². The maximum Gasteiger partial charge on any atom is 0.253 e. The summed E-state index contributed by atoms with van der Waals surface area (Å²) < 4.78 is 0. The van der Waals surface area contributed by atoms with Crippen molar-refractivity contribution in [2.24, 2.45) is 11.8 Å². The van der Waals surface area contributed by atoms with E-state index in [0.29, 0.717) is 22.7 Å². The summed E-state index contributed by atoms with van der Waals surface area (Å²) in [4.78, 5) is 36.1. The number of hydrogen-bond donors (Lipinski definition) is 3. The van der Waals surface area contributed by atoms with E-state index in [4.69, 9.17) is 0 Å². The second-order valence-corrected chi connectivity index (χ2v) is 7.32. The van der Waals surface area contributed by atoms with Crippen LogP contribution < -0.4 is 16.0 Å². The highest BCUT2D eigenvalue weighted by Gasteiger charge is 2.25. The molecule has 1 heterocycles. The SMILES string of the molecule is CC(C)C1CCC(NC(=O)c2ccc3c(c2)NC(=O)CNC3=O)CC1. The Kier molecular flexibility index (Phi) is 5.06. The molecule has 1 saturated carbocycles. The van der Waals surface area contributed by atoms with Crippen LogP contribution >= 0.6 is 0 Å². The number of amides is 3. The van der Waals surface area contributed by atoms with Crippen LogP contribution in [0.15, 0.2) is 18.2 Å². The quantitative estimate of drug-likeness (QED) is 0.787. The predicted octanol–water partition coefficient (Wildman–Crippen LogP) is 2.31. The fraction of sp³-hybridized carbons (Fsp3) is 0.526. The van der Waals surface area contributed by atoms with Gasteiger partial charge < -0.3 is 16.0 Å². The number of carbonyl (C=O) groups is 3. The normalized spacial score (nSPS) is 23.3. The van der Waals surface area contributed by atoms with Crippen molar-refractivity contribution in [3.63, 3.8) is 0 Å². The van der Waals surface area contributed by atoms with Gasteiger partial charge in [0.2, 0.25) is 5.91 Å². The predicted molar refractivity (Wildman–Crippen MR) is 95.5 cm³/mol. The molecule has 0 unspecified atom stereocenters. The first kappa shape index (κ1) is 17.5. The van der Waals surface area contributed by atoms with Gasteiger partial charge in [0, 0.05) is 11.6 Å². The summed E-state index contributed by atoms with van der Waals surface area (Å²) >= 11 is 0. The first-order valence-electron chi connectivity index (χ1n) is 8.97. The molecule has 1 aliphatic heterocycles. The van der Waals surface area contributed by atoms with Crippen LogP contribution in [-0.4, -0.2) is 30.3 Å². The molecule has 25 heavy (non-hydrogen) atoms. The molecule has 0 saturated heterocycles. The third-order valence-corrected chi connectivity index (χ3v) is 5.26. The number of nitrogens with one attached hydrogen (secondary N) is 3. The number of anilines is 1. The van der Waals surface area contributed by atoms with Gasteiger partial charge >= 0.3 is 0 Å². The Bertz CT molecular complexity index is 691. The molecule has 1 fully saturated rings. The molecule has 0 bridgehead atoms. The van der Waals surface area contributed by atoms with E-state index in [9.17, 15) is 14.4 Å². The molecule has 0 spiro atoms. The summed E-state index contributed by atoms with van der Waals surface area (Å²) in [6.07, 6.45) is 4.28. The van der Waals surface area contributed by atoms with Gasteiger partial charge in [-0.1, -0.05) is 13.8 Å². The van der Waals surface area contributed by atoms with Crippen LogP contribution in [0.25, 0.3) is 0 Å². The van der Waals surface area contributed by atoms with Crippen molar-refractivity contribution < 1.29 is 14.4 Å². The lowest BCUT2D eigenvalue weighted by atomic mass is 9.79. The lowest BCUT2D eigenvalue weighted by molar-refractivity contribution is -0.115. The molecule has 2 aliphatic rings. The average Bonchev–Trinajstić information content (AvgIpc) is 2.73. The van der Waals surface area contributed by atoms with Gasteiger partial charge in [0.05, 0.1) is 17.8 Å². The van der Waals surface area contributed by atoms with Gasteiger partial charge in [-0.15, -0.1) is 0 Å². The van der Waals surface area contributed by atoms with Gasteiger partial charge in [0.15, 0.2) is 0 Å². The summed E-state index contributed by atoms with van der Waals surface area (Å²) in [7, 11) is 0. The topological polar surface area (TPSA) is 87.3 Å². The number of hydrogen-bond acceptors (Lipinski definition) is 3. The fourth-order valence-corrected chi connectivity index (χ4v) is 3.64. The van der Waals surface area contributed by atoms with E-state index in [1.54, 1.807) is 18.2 Å². The minimum atomic E-state index is -0.313. The van der Waals surface area contributed by atoms with E-state index >= 15 is 0 Å². The van der Waals surface area contributed by atoms with E-state index in [1.807, 2.05) is 0 Å². The maximum absolute atomic E-state index is 12.5. The van der Waals surface area contributed by atoms with Crippen LogP contribution in [0.3, 0.4) is 0 Å². The molecule has 1 aromatic carbocycles. The van der Waals surface area contributed by atoms with Gasteiger partial charge in [-0.3, -0.25) is 14.4 Å². The zero-order valence-electron chi connectivity index (χ0n) is 14.7. The Morgan fingerprint density at radius 2 is 1.88 bits per heavy atom. The number of fused-ring (bicyclic) bond motifs is 1. The van der Waals surface area contributed by atoms with Crippen LogP contribution in [-0.2, 0) is 4.79 Å². The van der Waals surface area contributed by atoms with Crippen molar-refractivity contribution in [2.75, 3.05) is 11.9 Å². The Hall–Kier alpha value is -2.37. The fourth-order valence-electron chi connectivity index (χ4n) is 3.64. The Balaban J connectivity index is 1.67. The highest BCUT2D eigenvalue weighted by Crippen LogP contribution is 2.30. The van der Waals surface area contributed by atoms with Gasteiger partial charge in [-0.05, 0) is 55.7 Å². The standard InChI is InChI=1S/C19H25N3O3/c1-11(2)12-3-6-14(7-4-12)21-18(24)13-5-8-15-16(9-13)22-17(23)10-20-19(15)25/h5,8-9,11-12,14H,3-4,6-7,10H2,1-2H3,(H,20,25)(H,21,24)(H,22,23). The summed E-state index contributed by atoms with van der Waals surface area (Å²) in [5.74, 6) is 0.670. The molecule has 6 nitrogen and oxygen atoms in total. The van der Waals surface area contributed by atoms with Crippen molar-refractivity contribution >= 4 is 23.4 Å². The number of rotatable bonds is 3. The summed E-state index contributed by atoms with van der Waals surface area (Å²) in [5.41, 5.74) is 1.22. The molecule has 0 atom stereocenters. The van der Waals surface area contributed by atoms with Crippen LogP contribution in [0.2, 0.25) is 0 Å². The molecule has 3 amide bonds. The van der Waals surface area contributed by atoms with Crippen molar-refractivity contribution in [3.8, 4) is 0 Å². The summed E-state index contributed by atoms with van der Waals surface area (Å²) in [6, 6.07) is 4.98. The number of benzene rings is 1. The first-order valence-corrected chi connectivity index (χ1v) is 8.97. The number of carbonyl (C=O) groups excluding carboxylic acids is 3. The minimum Gasteiger partial charge on any atom is -0.349 e. The van der Waals surface area contributed by atoms with Gasteiger partial charge in [0.1, 0.15) is 0 Å². The van der Waals surface area contributed by atoms with Crippen LogP contribution in [0.1, 0.15) is 60.2 Å². The van der Waals surface area contributed by atoms with Gasteiger partial charge in [0.25, 0.3) is 11.8 Å². The molecule has 1 aliphatic carbocycles. The minimum absolute atomic E-state index is 0.0614. The van der Waals surface area contributed by atoms with E-state index in [-0.39, 0.29) is 30.3 Å². The highest BCUT2D eigenvalue weighted by molar-refractivity contribution is 6.09. The molecule has 3 rings (SSSR count). The molecular weight excluding hydrogens is 318 g/mol. The Morgan fingerprint density at radius 3 is 2.56 bits per heavy atom. The van der Waals surface area contributed by atoms with E-state index in [0.717, 1.165) is 31.6 Å². The zero-order chi connectivity index (χ0) is 18.0. The van der Waals surface area contributed by atoms with E-state index in [2.05, 4.69) is 29.8 Å². The Morgan fingerprint density at radius 1 is 1.16 bits per heavy atom. The molecule has 0 aromatic heterocycles.